The van der Waals surface area contributed by atoms with E-state index in [1.807, 2.05) is 12.1 Å². The fourth-order valence-electron chi connectivity index (χ4n) is 3.14. The number of para-hydroxylation sites is 1. The van der Waals surface area contributed by atoms with Crippen molar-refractivity contribution in [1.82, 2.24) is 10.1 Å². The first-order valence-corrected chi connectivity index (χ1v) is 10.3. The van der Waals surface area contributed by atoms with Gasteiger partial charge in [-0.2, -0.15) is 13.2 Å². The highest BCUT2D eigenvalue weighted by Gasteiger charge is 2.33. The molecule has 0 saturated heterocycles. The number of amides is 1. The van der Waals surface area contributed by atoms with Gasteiger partial charge >= 0.3 is 6.18 Å². The van der Waals surface area contributed by atoms with Crippen LogP contribution in [0.2, 0.25) is 5.02 Å². The molecule has 160 valence electrons. The molecule has 0 atom stereocenters. The van der Waals surface area contributed by atoms with E-state index in [0.29, 0.717) is 22.5 Å². The molecule has 0 N–H and O–H groups in total. The maximum atomic E-state index is 13.4. The van der Waals surface area contributed by atoms with Gasteiger partial charge in [-0.05, 0) is 44.2 Å². The quantitative estimate of drug-likeness (QED) is 0.346. The van der Waals surface area contributed by atoms with Gasteiger partial charge in [-0.25, -0.2) is 4.98 Å². The van der Waals surface area contributed by atoms with Crippen LogP contribution in [-0.4, -0.2) is 16.0 Å². The number of benzene rings is 2. The summed E-state index contributed by atoms with van der Waals surface area (Å²) in [5.74, 6) is -0.0417. The third-order valence-corrected chi connectivity index (χ3v) is 6.09. The Bertz CT molecular complexity index is 1230. The molecule has 2 aromatic carbocycles. The van der Waals surface area contributed by atoms with Gasteiger partial charge in [-0.15, -0.1) is 0 Å². The number of hydrogen-bond acceptors (Lipinski definition) is 5. The highest BCUT2D eigenvalue weighted by Crippen LogP contribution is 2.40. The number of carbonyl (C=O) groups is 1. The highest BCUT2D eigenvalue weighted by atomic mass is 35.5. The van der Waals surface area contributed by atoms with Gasteiger partial charge in [0.15, 0.2) is 5.13 Å². The molecular weight excluding hydrogens is 451 g/mol. The first-order chi connectivity index (χ1) is 14.6. The Morgan fingerprint density at radius 1 is 1.19 bits per heavy atom. The van der Waals surface area contributed by atoms with Crippen LogP contribution in [0.5, 0.6) is 0 Å². The van der Waals surface area contributed by atoms with Crippen molar-refractivity contribution in [2.24, 2.45) is 0 Å². The molecule has 0 bridgehead atoms. The molecular formula is C21H15ClF3N3O2S. The molecule has 1 amide bonds. The lowest BCUT2D eigenvalue weighted by Gasteiger charge is -2.22. The summed E-state index contributed by atoms with van der Waals surface area (Å²) >= 11 is 7.45. The minimum Gasteiger partial charge on any atom is -0.361 e. The zero-order valence-electron chi connectivity index (χ0n) is 16.3. The van der Waals surface area contributed by atoms with Crippen molar-refractivity contribution in [3.63, 3.8) is 0 Å². The number of anilines is 2. The van der Waals surface area contributed by atoms with Crippen molar-refractivity contribution in [3.05, 3.63) is 70.1 Å². The molecule has 5 nitrogen and oxygen atoms in total. The summed E-state index contributed by atoms with van der Waals surface area (Å²) < 4.78 is 46.0. The second-order valence-electron chi connectivity index (χ2n) is 6.84. The van der Waals surface area contributed by atoms with Crippen LogP contribution in [-0.2, 0) is 17.4 Å². The molecule has 0 saturated carbocycles. The lowest BCUT2D eigenvalue weighted by molar-refractivity contribution is -0.137. The van der Waals surface area contributed by atoms with Crippen LogP contribution in [0.1, 0.15) is 22.6 Å². The fourth-order valence-corrected chi connectivity index (χ4v) is 4.34. The van der Waals surface area contributed by atoms with E-state index < -0.39 is 17.6 Å². The molecule has 0 unspecified atom stereocenters. The molecule has 0 aliphatic rings. The summed E-state index contributed by atoms with van der Waals surface area (Å²) in [5, 5.41) is 4.06. The first-order valence-electron chi connectivity index (χ1n) is 9.12. The lowest BCUT2D eigenvalue weighted by atomic mass is 10.1. The van der Waals surface area contributed by atoms with Gasteiger partial charge in [0.2, 0.25) is 5.91 Å². The monoisotopic (exact) mass is 465 g/mol. The molecule has 31 heavy (non-hydrogen) atoms. The maximum Gasteiger partial charge on any atom is 0.416 e. The van der Waals surface area contributed by atoms with Crippen LogP contribution in [0.4, 0.5) is 24.0 Å². The van der Waals surface area contributed by atoms with Gasteiger partial charge < -0.3 is 4.52 Å². The minimum atomic E-state index is -4.59. The number of halogens is 4. The minimum absolute atomic E-state index is 0.000585. The van der Waals surface area contributed by atoms with Crippen LogP contribution < -0.4 is 4.90 Å². The Morgan fingerprint density at radius 2 is 1.94 bits per heavy atom. The number of fused-ring (bicyclic) bond motifs is 1. The molecule has 0 fully saturated rings. The van der Waals surface area contributed by atoms with Crippen molar-refractivity contribution in [1.29, 1.82) is 0 Å². The third kappa shape index (κ3) is 4.15. The third-order valence-electron chi connectivity index (χ3n) is 4.75. The highest BCUT2D eigenvalue weighted by molar-refractivity contribution is 7.22. The summed E-state index contributed by atoms with van der Waals surface area (Å²) in [5.41, 5.74) is 0.723. The number of hydrogen-bond donors (Lipinski definition) is 0. The van der Waals surface area contributed by atoms with Crippen LogP contribution >= 0.6 is 22.9 Å². The van der Waals surface area contributed by atoms with Gasteiger partial charge in [0, 0.05) is 5.56 Å². The Hall–Kier alpha value is -2.91. The Kier molecular flexibility index (Phi) is 5.49. The van der Waals surface area contributed by atoms with Crippen molar-refractivity contribution >= 4 is 49.9 Å². The maximum absolute atomic E-state index is 13.4. The van der Waals surface area contributed by atoms with Gasteiger partial charge in [0.25, 0.3) is 0 Å². The molecule has 4 rings (SSSR count). The summed E-state index contributed by atoms with van der Waals surface area (Å²) in [6.07, 6.45) is -4.73. The Balaban J connectivity index is 1.86. The zero-order chi connectivity index (χ0) is 22.3. The summed E-state index contributed by atoms with van der Waals surface area (Å²) in [6, 6.07) is 10.1. The topological polar surface area (TPSA) is 59.2 Å². The van der Waals surface area contributed by atoms with E-state index in [4.69, 9.17) is 16.1 Å². The van der Waals surface area contributed by atoms with E-state index in [2.05, 4.69) is 10.1 Å². The summed E-state index contributed by atoms with van der Waals surface area (Å²) in [7, 11) is 0. The number of nitrogens with zero attached hydrogens (tertiary/aromatic N) is 3. The van der Waals surface area contributed by atoms with Crippen LogP contribution in [0.25, 0.3) is 10.2 Å². The second kappa shape index (κ2) is 7.97. The molecule has 10 heteroatoms. The normalized spacial score (nSPS) is 11.8. The Labute approximate surface area is 184 Å². The molecule has 0 aliphatic carbocycles. The van der Waals surface area contributed by atoms with Crippen molar-refractivity contribution in [3.8, 4) is 0 Å². The number of aromatic nitrogens is 2. The number of thiazole rings is 1. The molecule has 2 aromatic heterocycles. The molecule has 4 aromatic rings. The standard InChI is InChI=1S/C21H15ClF3N3O2S/c1-11-14(12(2)30-27-11)10-19(29)28(20-26-16-5-3-4-6-18(16)31-20)17-9-13(21(23,24)25)7-8-15(17)22/h3-9H,10H2,1-2H3. The van der Waals surface area contributed by atoms with Crippen LogP contribution in [0, 0.1) is 13.8 Å². The summed E-state index contributed by atoms with van der Waals surface area (Å²) in [6.45, 7) is 3.36. The zero-order valence-corrected chi connectivity index (χ0v) is 17.9. The molecule has 2 heterocycles. The SMILES string of the molecule is Cc1noc(C)c1CC(=O)N(c1nc2ccccc2s1)c1cc(C(F)(F)F)ccc1Cl. The van der Waals surface area contributed by atoms with Crippen LogP contribution in [0.15, 0.2) is 47.0 Å². The van der Waals surface area contributed by atoms with Gasteiger partial charge in [0.1, 0.15) is 5.76 Å². The predicted molar refractivity (Wildman–Crippen MR) is 113 cm³/mol. The molecule has 0 aliphatic heterocycles. The van der Waals surface area contributed by atoms with Crippen molar-refractivity contribution < 1.29 is 22.5 Å². The van der Waals surface area contributed by atoms with Crippen molar-refractivity contribution in [2.45, 2.75) is 26.4 Å². The fraction of sp³-hybridized carbons (Fsp3) is 0.190. The average molecular weight is 466 g/mol. The van der Waals surface area contributed by atoms with Gasteiger partial charge in [0.05, 0.1) is 38.6 Å². The predicted octanol–water partition coefficient (Wildman–Crippen LogP) is 6.48. The van der Waals surface area contributed by atoms with E-state index in [0.717, 1.165) is 27.8 Å². The molecule has 0 spiro atoms. The van der Waals surface area contributed by atoms with E-state index in [9.17, 15) is 18.0 Å². The number of alkyl halides is 3. The Morgan fingerprint density at radius 3 is 2.58 bits per heavy atom. The summed E-state index contributed by atoms with van der Waals surface area (Å²) in [4.78, 5) is 19.0. The first kappa shape index (κ1) is 21.3. The largest absolute Gasteiger partial charge is 0.416 e. The van der Waals surface area contributed by atoms with E-state index in [1.54, 1.807) is 26.0 Å². The van der Waals surface area contributed by atoms with Crippen molar-refractivity contribution in [2.75, 3.05) is 4.90 Å². The number of carbonyl (C=O) groups excluding carboxylic acids is 1. The molecule has 0 radical (unpaired) electrons. The number of aryl methyl sites for hydroxylation is 2. The lowest BCUT2D eigenvalue weighted by Crippen LogP contribution is -2.28. The van der Waals surface area contributed by atoms with Gasteiger partial charge in [-0.1, -0.05) is 40.2 Å². The van der Waals surface area contributed by atoms with Gasteiger partial charge in [-0.3, -0.25) is 9.69 Å². The van der Waals surface area contributed by atoms with E-state index in [-0.39, 0.29) is 22.3 Å². The van der Waals surface area contributed by atoms with Crippen LogP contribution in [0.3, 0.4) is 0 Å². The average Bonchev–Trinajstić information content (AvgIpc) is 3.27. The van der Waals surface area contributed by atoms with E-state index in [1.165, 1.54) is 11.3 Å². The smallest absolute Gasteiger partial charge is 0.361 e. The van der Waals surface area contributed by atoms with E-state index >= 15 is 0 Å². The number of rotatable bonds is 4. The second-order valence-corrected chi connectivity index (χ2v) is 8.25.